The van der Waals surface area contributed by atoms with Crippen molar-refractivity contribution in [2.24, 2.45) is 0 Å². The number of hydrogen-bond donors (Lipinski definition) is 2. The molecule has 6 heteroatoms. The second-order valence-corrected chi connectivity index (χ2v) is 4.12. The smallest absolute Gasteiger partial charge is 0.135 e. The summed E-state index contributed by atoms with van der Waals surface area (Å²) < 4.78 is 5.01. The van der Waals surface area contributed by atoms with Gasteiger partial charge in [-0.05, 0) is 13.3 Å². The first-order valence-electron chi connectivity index (χ1n) is 5.96. The lowest BCUT2D eigenvalue weighted by atomic mass is 10.1. The van der Waals surface area contributed by atoms with Gasteiger partial charge in [0.05, 0.1) is 6.54 Å². The molecular weight excluding hydrogens is 230 g/mol. The number of nitrogens with one attached hydrogen (secondary N) is 1. The topological polar surface area (TPSA) is 89.9 Å². The van der Waals surface area contributed by atoms with Gasteiger partial charge in [-0.1, -0.05) is 18.5 Å². The van der Waals surface area contributed by atoms with Crippen molar-refractivity contribution in [3.8, 4) is 0 Å². The van der Waals surface area contributed by atoms with Crippen molar-refractivity contribution < 1.29 is 4.52 Å². The van der Waals surface area contributed by atoms with Gasteiger partial charge in [-0.25, -0.2) is 9.97 Å². The summed E-state index contributed by atoms with van der Waals surface area (Å²) in [5, 5.41) is 7.13. The quantitative estimate of drug-likeness (QED) is 0.839. The minimum Gasteiger partial charge on any atom is -0.383 e. The number of nitrogen functional groups attached to an aromatic ring is 1. The predicted octanol–water partition coefficient (Wildman–Crippen LogP) is 1.92. The van der Waals surface area contributed by atoms with Gasteiger partial charge in [-0.15, -0.1) is 0 Å². The third-order valence-corrected chi connectivity index (χ3v) is 2.59. The number of aryl methyl sites for hydroxylation is 1. The normalized spacial score (nSPS) is 10.6. The number of nitrogens with two attached hydrogens (primary N) is 1. The van der Waals surface area contributed by atoms with Crippen LogP contribution >= 0.6 is 0 Å². The Morgan fingerprint density at radius 3 is 2.89 bits per heavy atom. The van der Waals surface area contributed by atoms with E-state index in [9.17, 15) is 0 Å². The lowest BCUT2D eigenvalue weighted by Gasteiger charge is -2.10. The molecule has 3 N–H and O–H groups in total. The minimum atomic E-state index is 0.533. The van der Waals surface area contributed by atoms with Crippen molar-refractivity contribution in [1.82, 2.24) is 15.1 Å². The van der Waals surface area contributed by atoms with Gasteiger partial charge < -0.3 is 15.6 Å². The lowest BCUT2D eigenvalue weighted by molar-refractivity contribution is 0.391. The molecule has 6 nitrogen and oxygen atoms in total. The number of nitrogens with zero attached hydrogens (tertiary/aromatic N) is 3. The van der Waals surface area contributed by atoms with Crippen LogP contribution in [0.3, 0.4) is 0 Å². The summed E-state index contributed by atoms with van der Waals surface area (Å²) in [6.07, 6.45) is 3.31. The molecule has 0 unspecified atom stereocenters. The van der Waals surface area contributed by atoms with Crippen LogP contribution in [0.4, 0.5) is 11.6 Å². The zero-order valence-corrected chi connectivity index (χ0v) is 10.6. The summed E-state index contributed by atoms with van der Waals surface area (Å²) in [6.45, 7) is 4.52. The fraction of sp³-hybridized carbons (Fsp3) is 0.417. The Bertz CT molecular complexity index is 523. The van der Waals surface area contributed by atoms with Crippen LogP contribution in [-0.4, -0.2) is 15.1 Å². The maximum absolute atomic E-state index is 5.86. The van der Waals surface area contributed by atoms with E-state index >= 15 is 0 Å². The van der Waals surface area contributed by atoms with Gasteiger partial charge in [-0.2, -0.15) is 0 Å². The highest BCUT2D eigenvalue weighted by Crippen LogP contribution is 2.19. The van der Waals surface area contributed by atoms with Gasteiger partial charge in [0.25, 0.3) is 0 Å². The molecule has 2 rings (SSSR count). The number of hydrogen-bond acceptors (Lipinski definition) is 6. The maximum Gasteiger partial charge on any atom is 0.135 e. The van der Waals surface area contributed by atoms with Crippen molar-refractivity contribution >= 4 is 11.6 Å². The van der Waals surface area contributed by atoms with Crippen LogP contribution in [0.5, 0.6) is 0 Å². The van der Waals surface area contributed by atoms with Crippen molar-refractivity contribution in [3.63, 3.8) is 0 Å². The first-order valence-corrected chi connectivity index (χ1v) is 5.96. The Morgan fingerprint density at radius 2 is 2.22 bits per heavy atom. The van der Waals surface area contributed by atoms with E-state index in [4.69, 9.17) is 10.3 Å². The van der Waals surface area contributed by atoms with Crippen molar-refractivity contribution in [1.29, 1.82) is 0 Å². The molecule has 0 aromatic carbocycles. The van der Waals surface area contributed by atoms with E-state index < -0.39 is 0 Å². The fourth-order valence-corrected chi connectivity index (χ4v) is 1.75. The summed E-state index contributed by atoms with van der Waals surface area (Å²) >= 11 is 0. The molecule has 2 heterocycles. The largest absolute Gasteiger partial charge is 0.383 e. The zero-order chi connectivity index (χ0) is 13.0. The van der Waals surface area contributed by atoms with Gasteiger partial charge in [0, 0.05) is 11.6 Å². The van der Waals surface area contributed by atoms with Gasteiger partial charge in [-0.3, -0.25) is 0 Å². The molecule has 0 radical (unpaired) electrons. The van der Waals surface area contributed by atoms with E-state index in [0.29, 0.717) is 12.4 Å². The van der Waals surface area contributed by atoms with Crippen molar-refractivity contribution in [2.75, 3.05) is 11.1 Å². The summed E-state index contributed by atoms with van der Waals surface area (Å²) in [6, 6.07) is 1.89. The molecule has 0 saturated heterocycles. The molecule has 0 fully saturated rings. The Hall–Kier alpha value is -2.11. The molecule has 0 spiro atoms. The number of anilines is 2. The number of rotatable bonds is 5. The molecule has 0 aliphatic carbocycles. The molecule has 0 amide bonds. The highest BCUT2D eigenvalue weighted by molar-refractivity contribution is 5.55. The second kappa shape index (κ2) is 5.48. The molecule has 0 saturated carbocycles. The van der Waals surface area contributed by atoms with Crippen LogP contribution in [0.1, 0.15) is 30.4 Å². The van der Waals surface area contributed by atoms with Crippen LogP contribution in [0, 0.1) is 6.92 Å². The van der Waals surface area contributed by atoms with Crippen molar-refractivity contribution in [2.45, 2.75) is 33.2 Å². The third kappa shape index (κ3) is 2.77. The molecule has 0 bridgehead atoms. The fourth-order valence-electron chi connectivity index (χ4n) is 1.75. The van der Waals surface area contributed by atoms with Crippen LogP contribution in [-0.2, 0) is 13.0 Å². The summed E-state index contributed by atoms with van der Waals surface area (Å²) in [5.74, 6) is 2.10. The van der Waals surface area contributed by atoms with Gasteiger partial charge in [0.2, 0.25) is 0 Å². The standard InChI is InChI=1S/C12H17N5O/c1-3-4-10-11(13)15-7-16-12(10)14-6-9-5-8(2)18-17-9/h5,7H,3-4,6H2,1-2H3,(H3,13,14,15,16). The SMILES string of the molecule is CCCc1c(N)ncnc1NCc1cc(C)on1. The molecule has 96 valence electrons. The Morgan fingerprint density at radius 1 is 1.39 bits per heavy atom. The first-order chi connectivity index (χ1) is 8.70. The van der Waals surface area contributed by atoms with Crippen LogP contribution in [0.25, 0.3) is 0 Å². The Labute approximate surface area is 106 Å². The van der Waals surface area contributed by atoms with E-state index in [1.54, 1.807) is 0 Å². The van der Waals surface area contributed by atoms with Crippen LogP contribution < -0.4 is 11.1 Å². The highest BCUT2D eigenvalue weighted by atomic mass is 16.5. The Balaban J connectivity index is 2.11. The van der Waals surface area contributed by atoms with Gasteiger partial charge in [0.1, 0.15) is 29.4 Å². The summed E-state index contributed by atoms with van der Waals surface area (Å²) in [5.41, 5.74) is 7.65. The first kappa shape index (κ1) is 12.3. The van der Waals surface area contributed by atoms with Crippen molar-refractivity contribution in [3.05, 3.63) is 29.4 Å². The van der Waals surface area contributed by atoms with E-state index in [-0.39, 0.29) is 0 Å². The average Bonchev–Trinajstić information content (AvgIpc) is 2.76. The van der Waals surface area contributed by atoms with Crippen LogP contribution in [0.15, 0.2) is 16.9 Å². The molecular formula is C12H17N5O. The number of aromatic nitrogens is 3. The third-order valence-electron chi connectivity index (χ3n) is 2.59. The molecule has 0 atom stereocenters. The van der Waals surface area contributed by atoms with E-state index in [1.807, 2.05) is 13.0 Å². The molecule has 0 aliphatic heterocycles. The highest BCUT2D eigenvalue weighted by Gasteiger charge is 2.09. The minimum absolute atomic E-state index is 0.533. The van der Waals surface area contributed by atoms with E-state index in [2.05, 4.69) is 27.4 Å². The van der Waals surface area contributed by atoms with Gasteiger partial charge in [0.15, 0.2) is 0 Å². The molecule has 0 aliphatic rings. The average molecular weight is 247 g/mol. The molecule has 18 heavy (non-hydrogen) atoms. The second-order valence-electron chi connectivity index (χ2n) is 4.12. The molecule has 2 aromatic rings. The predicted molar refractivity (Wildman–Crippen MR) is 69.0 cm³/mol. The zero-order valence-electron chi connectivity index (χ0n) is 10.6. The monoisotopic (exact) mass is 247 g/mol. The maximum atomic E-state index is 5.86. The van der Waals surface area contributed by atoms with E-state index in [1.165, 1.54) is 6.33 Å². The van der Waals surface area contributed by atoms with E-state index in [0.717, 1.165) is 35.7 Å². The lowest BCUT2D eigenvalue weighted by Crippen LogP contribution is -2.08. The molecule has 2 aromatic heterocycles. The summed E-state index contributed by atoms with van der Waals surface area (Å²) in [4.78, 5) is 8.23. The Kier molecular flexibility index (Phi) is 3.76. The summed E-state index contributed by atoms with van der Waals surface area (Å²) in [7, 11) is 0. The van der Waals surface area contributed by atoms with Crippen LogP contribution in [0.2, 0.25) is 0 Å². The van der Waals surface area contributed by atoms with Gasteiger partial charge >= 0.3 is 0 Å².